The van der Waals surface area contributed by atoms with Gasteiger partial charge in [0.2, 0.25) is 6.17 Å². The smallest absolute Gasteiger partial charge is 0.326 e. The second-order valence-electron chi connectivity index (χ2n) is 9.79. The molecule has 3 aromatic carbocycles. The lowest BCUT2D eigenvalue weighted by Gasteiger charge is -2.35. The molecule has 0 radical (unpaired) electrons. The van der Waals surface area contributed by atoms with Gasteiger partial charge in [0.05, 0.1) is 22.4 Å². The number of fused-ring (bicyclic) bond motifs is 2. The average molecular weight is 559 g/mol. The number of carbonyl (C=O) groups excluding carboxylic acids is 1. The minimum Gasteiger partial charge on any atom is -0.349 e. The van der Waals surface area contributed by atoms with E-state index in [1.54, 1.807) is 18.0 Å². The van der Waals surface area contributed by atoms with Gasteiger partial charge in [-0.3, -0.25) is 9.36 Å². The maximum Gasteiger partial charge on any atom is 0.326 e. The van der Waals surface area contributed by atoms with Crippen molar-refractivity contribution in [3.05, 3.63) is 99.4 Å². The number of carbonyl (C=O) groups is 1. The minimum atomic E-state index is -0.905. The van der Waals surface area contributed by atoms with Crippen LogP contribution in [-0.4, -0.2) is 57.5 Å². The van der Waals surface area contributed by atoms with Gasteiger partial charge >= 0.3 is 5.69 Å². The Bertz CT molecular complexity index is 1660. The van der Waals surface area contributed by atoms with Crippen molar-refractivity contribution in [3.63, 3.8) is 0 Å². The maximum atomic E-state index is 13.6. The second kappa shape index (κ2) is 10.3. The summed E-state index contributed by atoms with van der Waals surface area (Å²) in [5.74, 6) is -0.216. The van der Waals surface area contributed by atoms with Gasteiger partial charge in [0.25, 0.3) is 5.91 Å². The molecule has 6 rings (SSSR count). The molecular weight excluding hydrogens is 532 g/mol. The Balaban J connectivity index is 1.24. The average Bonchev–Trinajstić information content (AvgIpc) is 3.26. The molecule has 10 heteroatoms. The first-order chi connectivity index (χ1) is 18.9. The third kappa shape index (κ3) is 4.72. The second-order valence-corrected chi connectivity index (χ2v) is 10.6. The number of para-hydroxylation sites is 2. The highest BCUT2D eigenvalue weighted by atomic mass is 35.5. The van der Waals surface area contributed by atoms with Gasteiger partial charge in [-0.05, 0) is 55.4 Å². The van der Waals surface area contributed by atoms with Crippen LogP contribution in [0, 0.1) is 0 Å². The number of halogens is 1. The largest absolute Gasteiger partial charge is 0.349 e. The number of hydrogen-bond donors (Lipinski definition) is 2. The van der Waals surface area contributed by atoms with Crippen LogP contribution < -0.4 is 15.9 Å². The lowest BCUT2D eigenvalue weighted by Crippen LogP contribution is -2.52. The third-order valence-corrected chi connectivity index (χ3v) is 8.06. The Morgan fingerprint density at radius 3 is 2.51 bits per heavy atom. The van der Waals surface area contributed by atoms with Crippen LogP contribution >= 0.6 is 23.8 Å². The quantitative estimate of drug-likeness (QED) is 0.366. The fraction of sp³-hybridized carbons (Fsp3) is 0.241. The molecule has 1 aromatic heterocycles. The maximum absolute atomic E-state index is 13.6. The fourth-order valence-electron chi connectivity index (χ4n) is 5.44. The summed E-state index contributed by atoms with van der Waals surface area (Å²) >= 11 is 12.1. The topological polar surface area (TPSA) is 85.7 Å². The number of aromatic amines is 1. The highest BCUT2D eigenvalue weighted by Crippen LogP contribution is 2.30. The monoisotopic (exact) mass is 558 g/mol. The van der Waals surface area contributed by atoms with E-state index in [4.69, 9.17) is 28.8 Å². The Labute approximate surface area is 235 Å². The molecule has 198 valence electrons. The molecule has 2 aliphatic rings. The fourth-order valence-corrected chi connectivity index (χ4v) is 5.90. The van der Waals surface area contributed by atoms with Gasteiger partial charge in [0.1, 0.15) is 0 Å². The number of nitrogens with zero attached hydrogens (tertiary/aromatic N) is 4. The number of amides is 1. The molecule has 39 heavy (non-hydrogen) atoms. The molecule has 1 saturated heterocycles. The zero-order valence-corrected chi connectivity index (χ0v) is 22.9. The summed E-state index contributed by atoms with van der Waals surface area (Å²) in [5.41, 5.74) is 4.72. The summed E-state index contributed by atoms with van der Waals surface area (Å²) in [4.78, 5) is 37.7. The van der Waals surface area contributed by atoms with Gasteiger partial charge in [-0.25, -0.2) is 9.79 Å². The van der Waals surface area contributed by atoms with Crippen molar-refractivity contribution < 1.29 is 4.79 Å². The number of H-pyrrole nitrogens is 1. The number of rotatable bonds is 3. The molecule has 0 spiro atoms. The predicted molar refractivity (Wildman–Crippen MR) is 159 cm³/mol. The van der Waals surface area contributed by atoms with Crippen LogP contribution in [0.15, 0.2) is 82.6 Å². The number of aromatic nitrogens is 2. The van der Waals surface area contributed by atoms with Crippen molar-refractivity contribution in [1.29, 1.82) is 0 Å². The van der Waals surface area contributed by atoms with Crippen molar-refractivity contribution in [2.75, 3.05) is 25.0 Å². The molecule has 0 saturated carbocycles. The molecule has 1 unspecified atom stereocenters. The summed E-state index contributed by atoms with van der Waals surface area (Å²) in [7, 11) is 1.74. The Kier molecular flexibility index (Phi) is 6.70. The number of thiocarbonyl (C=S) groups is 1. The number of likely N-dealkylation sites (tertiary alicyclic amines) is 1. The number of nitrogens with one attached hydrogen (secondary N) is 2. The van der Waals surface area contributed by atoms with Crippen molar-refractivity contribution >= 4 is 57.3 Å². The van der Waals surface area contributed by atoms with Crippen LogP contribution in [-0.2, 0) is 4.79 Å². The van der Waals surface area contributed by atoms with Crippen molar-refractivity contribution in [1.82, 2.24) is 19.8 Å². The van der Waals surface area contributed by atoms with E-state index < -0.39 is 6.17 Å². The standard InChI is InChI=1S/C29H27ClN6O2S/c1-34-23-12-11-19(30)17-21(23)25(18-7-3-2-4-8-18)32-26(27(34)37)33-29(39)35-15-13-20(14-16-35)36-24-10-6-5-9-22(24)31-28(36)38/h2-12,17,20,26H,13-16H2,1H3,(H,31,38)(H,33,39). The third-order valence-electron chi connectivity index (χ3n) is 7.45. The Morgan fingerprint density at radius 2 is 1.74 bits per heavy atom. The molecule has 0 aliphatic carbocycles. The Hall–Kier alpha value is -3.95. The van der Waals surface area contributed by atoms with Crippen LogP contribution in [0.1, 0.15) is 30.0 Å². The normalized spacial score (nSPS) is 18.1. The van der Waals surface area contributed by atoms with Gasteiger partial charge < -0.3 is 20.1 Å². The molecule has 2 aliphatic heterocycles. The van der Waals surface area contributed by atoms with E-state index in [1.807, 2.05) is 76.2 Å². The molecule has 4 aromatic rings. The SMILES string of the molecule is CN1C(=O)C(NC(=S)N2CCC(n3c(=O)[nH]c4ccccc43)CC2)N=C(c2ccccc2)c2cc(Cl)ccc21. The van der Waals surface area contributed by atoms with Crippen LogP contribution in [0.5, 0.6) is 0 Å². The highest BCUT2D eigenvalue weighted by Gasteiger charge is 2.32. The summed E-state index contributed by atoms with van der Waals surface area (Å²) in [6.07, 6.45) is 0.604. The van der Waals surface area contributed by atoms with Crippen molar-refractivity contribution in [2.45, 2.75) is 25.0 Å². The molecule has 2 N–H and O–H groups in total. The van der Waals surface area contributed by atoms with E-state index in [-0.39, 0.29) is 17.6 Å². The molecule has 8 nitrogen and oxygen atoms in total. The zero-order valence-electron chi connectivity index (χ0n) is 21.3. The molecular formula is C29H27ClN6O2S. The molecule has 1 fully saturated rings. The van der Waals surface area contributed by atoms with Crippen LogP contribution in [0.2, 0.25) is 5.02 Å². The first-order valence-electron chi connectivity index (χ1n) is 12.9. The van der Waals surface area contributed by atoms with Gasteiger partial charge in [0.15, 0.2) is 5.11 Å². The van der Waals surface area contributed by atoms with Gasteiger partial charge in [-0.15, -0.1) is 0 Å². The van der Waals surface area contributed by atoms with E-state index in [2.05, 4.69) is 10.3 Å². The van der Waals surface area contributed by atoms with Crippen molar-refractivity contribution in [3.8, 4) is 0 Å². The number of aliphatic imine (C=N–C) groups is 1. The minimum absolute atomic E-state index is 0.0697. The summed E-state index contributed by atoms with van der Waals surface area (Å²) in [6, 6.07) is 23.0. The number of anilines is 1. The van der Waals surface area contributed by atoms with E-state index in [1.165, 1.54) is 0 Å². The number of benzodiazepines with no additional fused rings is 1. The van der Waals surface area contributed by atoms with Crippen LogP contribution in [0.3, 0.4) is 0 Å². The van der Waals surface area contributed by atoms with Crippen LogP contribution in [0.25, 0.3) is 11.0 Å². The summed E-state index contributed by atoms with van der Waals surface area (Å²) < 4.78 is 1.85. The van der Waals surface area contributed by atoms with E-state index >= 15 is 0 Å². The number of likely N-dealkylation sites (N-methyl/N-ethyl adjacent to an activating group) is 1. The Morgan fingerprint density at radius 1 is 1.03 bits per heavy atom. The first-order valence-corrected chi connectivity index (χ1v) is 13.6. The summed E-state index contributed by atoms with van der Waals surface area (Å²) in [5, 5.41) is 4.25. The highest BCUT2D eigenvalue weighted by molar-refractivity contribution is 7.80. The molecule has 1 amide bonds. The van der Waals surface area contributed by atoms with E-state index in [0.717, 1.165) is 40.7 Å². The lowest BCUT2D eigenvalue weighted by atomic mass is 10.0. The van der Waals surface area contributed by atoms with E-state index in [0.29, 0.717) is 28.9 Å². The molecule has 3 heterocycles. The number of imidazole rings is 1. The lowest BCUT2D eigenvalue weighted by molar-refractivity contribution is -0.119. The van der Waals surface area contributed by atoms with Gasteiger partial charge in [-0.2, -0.15) is 0 Å². The van der Waals surface area contributed by atoms with Crippen LogP contribution in [0.4, 0.5) is 5.69 Å². The summed E-state index contributed by atoms with van der Waals surface area (Å²) in [6.45, 7) is 1.31. The van der Waals surface area contributed by atoms with Gasteiger partial charge in [-0.1, -0.05) is 54.1 Å². The number of piperidine rings is 1. The predicted octanol–water partition coefficient (Wildman–Crippen LogP) is 4.33. The zero-order chi connectivity index (χ0) is 27.1. The molecule has 0 bridgehead atoms. The van der Waals surface area contributed by atoms with Gasteiger partial charge in [0, 0.05) is 42.3 Å². The first kappa shape index (κ1) is 25.3. The number of hydrogen-bond acceptors (Lipinski definition) is 4. The molecule has 1 atom stereocenters. The van der Waals surface area contributed by atoms with E-state index in [9.17, 15) is 9.59 Å². The van der Waals surface area contributed by atoms with Crippen molar-refractivity contribution in [2.24, 2.45) is 4.99 Å². The number of benzene rings is 3.